The first-order valence-corrected chi connectivity index (χ1v) is 8.93. The average molecular weight is 320 g/mol. The maximum absolute atomic E-state index is 10.9. The van der Waals surface area contributed by atoms with Crippen LogP contribution < -0.4 is 29.6 Å². The standard InChI is InChI=1S/C16H26O3S.Na/c1-3-5-6-7-8-14(4-2)13-15-9-11-16(12-10-15)20(17,18)19;/h9-12,14H,3-8,13H2,1-2H3,(H,17,18,19);/q;+1/p-1. The van der Waals surface area contributed by atoms with Crippen molar-refractivity contribution in [2.45, 2.75) is 63.7 Å². The molecule has 0 saturated carbocycles. The van der Waals surface area contributed by atoms with E-state index in [-0.39, 0.29) is 34.5 Å². The first-order chi connectivity index (χ1) is 9.47. The predicted octanol–water partition coefficient (Wildman–Crippen LogP) is 1.13. The SMILES string of the molecule is CCCCCCC(CC)Cc1ccc(S(=O)(=O)[O-])cc1.[Na+]. The van der Waals surface area contributed by atoms with Gasteiger partial charge in [0.05, 0.1) is 4.90 Å². The van der Waals surface area contributed by atoms with Crippen molar-refractivity contribution in [1.82, 2.24) is 0 Å². The van der Waals surface area contributed by atoms with Gasteiger partial charge in [0.2, 0.25) is 0 Å². The van der Waals surface area contributed by atoms with Crippen LogP contribution in [0.3, 0.4) is 0 Å². The van der Waals surface area contributed by atoms with E-state index in [0.717, 1.165) is 18.4 Å². The number of unbranched alkanes of at least 4 members (excludes halogenated alkanes) is 3. The second kappa shape index (κ2) is 10.8. The molecule has 0 fully saturated rings. The van der Waals surface area contributed by atoms with Crippen molar-refractivity contribution < 1.29 is 42.5 Å². The van der Waals surface area contributed by atoms with Gasteiger partial charge in [-0.3, -0.25) is 0 Å². The number of hydrogen-bond acceptors (Lipinski definition) is 3. The Labute approximate surface area is 151 Å². The van der Waals surface area contributed by atoms with Gasteiger partial charge in [0, 0.05) is 0 Å². The Bertz CT molecular complexity index is 483. The fourth-order valence-electron chi connectivity index (χ4n) is 2.44. The van der Waals surface area contributed by atoms with Crippen molar-refractivity contribution in [2.24, 2.45) is 5.92 Å². The van der Waals surface area contributed by atoms with E-state index in [1.54, 1.807) is 12.1 Å². The Balaban J connectivity index is 0.00000400. The van der Waals surface area contributed by atoms with Gasteiger partial charge in [-0.25, -0.2) is 8.42 Å². The van der Waals surface area contributed by atoms with Crippen LogP contribution in [-0.2, 0) is 16.5 Å². The predicted molar refractivity (Wildman–Crippen MR) is 80.6 cm³/mol. The minimum atomic E-state index is -4.32. The van der Waals surface area contributed by atoms with Gasteiger partial charge in [-0.05, 0) is 30.0 Å². The molecule has 21 heavy (non-hydrogen) atoms. The zero-order valence-electron chi connectivity index (χ0n) is 13.5. The molecule has 0 saturated heterocycles. The third kappa shape index (κ3) is 8.36. The summed E-state index contributed by atoms with van der Waals surface area (Å²) in [6.45, 7) is 4.41. The molecule has 0 amide bonds. The topological polar surface area (TPSA) is 57.2 Å². The summed E-state index contributed by atoms with van der Waals surface area (Å²) < 4.78 is 32.6. The van der Waals surface area contributed by atoms with Crippen molar-refractivity contribution in [2.75, 3.05) is 0 Å². The maximum Gasteiger partial charge on any atom is 1.00 e. The molecule has 114 valence electrons. The van der Waals surface area contributed by atoms with Crippen LogP contribution in [0.2, 0.25) is 0 Å². The summed E-state index contributed by atoms with van der Waals surface area (Å²) >= 11 is 0. The van der Waals surface area contributed by atoms with Crippen LogP contribution in [0.5, 0.6) is 0 Å². The molecule has 0 aliphatic rings. The third-order valence-corrected chi connectivity index (χ3v) is 4.63. The van der Waals surface area contributed by atoms with Crippen LogP contribution in [0, 0.1) is 5.92 Å². The minimum Gasteiger partial charge on any atom is -0.744 e. The minimum absolute atomic E-state index is 0. The Kier molecular flexibility index (Phi) is 10.9. The summed E-state index contributed by atoms with van der Waals surface area (Å²) in [6, 6.07) is 6.36. The maximum atomic E-state index is 10.9. The van der Waals surface area contributed by atoms with E-state index >= 15 is 0 Å². The summed E-state index contributed by atoms with van der Waals surface area (Å²) in [7, 11) is -4.32. The van der Waals surface area contributed by atoms with Crippen LogP contribution in [0.15, 0.2) is 29.2 Å². The first-order valence-electron chi connectivity index (χ1n) is 7.52. The van der Waals surface area contributed by atoms with Crippen molar-refractivity contribution in [1.29, 1.82) is 0 Å². The Hall–Kier alpha value is 0.130. The van der Waals surface area contributed by atoms with E-state index < -0.39 is 10.1 Å². The van der Waals surface area contributed by atoms with E-state index in [9.17, 15) is 13.0 Å². The Morgan fingerprint density at radius 3 is 2.14 bits per heavy atom. The molecule has 0 N–H and O–H groups in total. The molecule has 0 aliphatic heterocycles. The average Bonchev–Trinajstić information content (AvgIpc) is 2.42. The summed E-state index contributed by atoms with van der Waals surface area (Å²) in [5, 5.41) is 0. The van der Waals surface area contributed by atoms with Gasteiger partial charge in [0.25, 0.3) is 0 Å². The summed E-state index contributed by atoms with van der Waals surface area (Å²) in [6.07, 6.45) is 8.42. The molecule has 1 aromatic rings. The van der Waals surface area contributed by atoms with Gasteiger partial charge < -0.3 is 4.55 Å². The Morgan fingerprint density at radius 2 is 1.67 bits per heavy atom. The number of hydrogen-bond donors (Lipinski definition) is 0. The molecule has 0 spiro atoms. The molecule has 1 atom stereocenters. The van der Waals surface area contributed by atoms with Crippen LogP contribution in [0.1, 0.15) is 57.9 Å². The van der Waals surface area contributed by atoms with E-state index in [0.29, 0.717) is 5.92 Å². The van der Waals surface area contributed by atoms with Crippen molar-refractivity contribution in [3.8, 4) is 0 Å². The van der Waals surface area contributed by atoms with Gasteiger partial charge in [0.1, 0.15) is 10.1 Å². The molecule has 1 rings (SSSR count). The van der Waals surface area contributed by atoms with Gasteiger partial charge in [0.15, 0.2) is 0 Å². The first kappa shape index (κ1) is 21.1. The van der Waals surface area contributed by atoms with Crippen molar-refractivity contribution in [3.05, 3.63) is 29.8 Å². The Morgan fingerprint density at radius 1 is 1.05 bits per heavy atom. The fraction of sp³-hybridized carbons (Fsp3) is 0.625. The van der Waals surface area contributed by atoms with E-state index in [1.807, 2.05) is 0 Å². The van der Waals surface area contributed by atoms with Crippen LogP contribution in [0.4, 0.5) is 0 Å². The normalized spacial score (nSPS) is 12.7. The summed E-state index contributed by atoms with van der Waals surface area (Å²) in [5.41, 5.74) is 1.11. The van der Waals surface area contributed by atoms with Gasteiger partial charge in [-0.1, -0.05) is 64.5 Å². The van der Waals surface area contributed by atoms with E-state index in [1.165, 1.54) is 44.2 Å². The fourth-order valence-corrected chi connectivity index (χ4v) is 2.91. The molecule has 0 heterocycles. The van der Waals surface area contributed by atoms with Gasteiger partial charge >= 0.3 is 29.6 Å². The van der Waals surface area contributed by atoms with E-state index in [2.05, 4.69) is 13.8 Å². The molecular weight excluding hydrogens is 295 g/mol. The van der Waals surface area contributed by atoms with Crippen molar-refractivity contribution >= 4 is 10.1 Å². The second-order valence-electron chi connectivity index (χ2n) is 5.43. The summed E-state index contributed by atoms with van der Waals surface area (Å²) in [5.74, 6) is 0.640. The smallest absolute Gasteiger partial charge is 0.744 e. The summed E-state index contributed by atoms with van der Waals surface area (Å²) in [4.78, 5) is -0.141. The molecule has 3 nitrogen and oxygen atoms in total. The third-order valence-electron chi connectivity index (χ3n) is 3.78. The zero-order valence-corrected chi connectivity index (χ0v) is 16.3. The number of benzene rings is 1. The number of rotatable bonds is 9. The van der Waals surface area contributed by atoms with Gasteiger partial charge in [-0.2, -0.15) is 0 Å². The van der Waals surface area contributed by atoms with Crippen molar-refractivity contribution in [3.63, 3.8) is 0 Å². The molecule has 0 aliphatic carbocycles. The largest absolute Gasteiger partial charge is 1.00 e. The monoisotopic (exact) mass is 320 g/mol. The van der Waals surface area contributed by atoms with Gasteiger partial charge in [-0.15, -0.1) is 0 Å². The van der Waals surface area contributed by atoms with E-state index in [4.69, 9.17) is 0 Å². The molecule has 1 unspecified atom stereocenters. The zero-order chi connectivity index (χ0) is 15.0. The van der Waals surface area contributed by atoms with Crippen LogP contribution >= 0.6 is 0 Å². The quantitative estimate of drug-likeness (QED) is 0.389. The van der Waals surface area contributed by atoms with Crippen LogP contribution in [0.25, 0.3) is 0 Å². The second-order valence-corrected chi connectivity index (χ2v) is 6.81. The molecule has 0 radical (unpaired) electrons. The molecule has 0 bridgehead atoms. The molecule has 5 heteroatoms. The molecule has 1 aromatic carbocycles. The molecule has 0 aromatic heterocycles. The molecular formula is C16H25NaO3S. The van der Waals surface area contributed by atoms with Crippen LogP contribution in [-0.4, -0.2) is 13.0 Å².